The molecule has 2 aromatic rings. The Hall–Kier alpha value is -2.69. The third-order valence-electron chi connectivity index (χ3n) is 5.32. The number of nitriles is 1. The molecule has 160 valence electrons. The molecule has 7 heteroatoms. The van der Waals surface area contributed by atoms with Gasteiger partial charge in [-0.05, 0) is 51.4 Å². The number of pyridine rings is 1. The molecule has 1 atom stereocenters. The van der Waals surface area contributed by atoms with Gasteiger partial charge in [-0.1, -0.05) is 0 Å². The van der Waals surface area contributed by atoms with Crippen LogP contribution in [0.3, 0.4) is 0 Å². The molecule has 1 aromatic carbocycles. The molecule has 1 N–H and O–H groups in total. The van der Waals surface area contributed by atoms with Crippen LogP contribution >= 0.6 is 0 Å². The molecule has 1 saturated heterocycles. The van der Waals surface area contributed by atoms with Crippen molar-refractivity contribution in [2.45, 2.75) is 45.2 Å². The first-order chi connectivity index (χ1) is 14.5. The maximum Gasteiger partial charge on any atom is 0.273 e. The second-order valence-electron chi connectivity index (χ2n) is 7.85. The van der Waals surface area contributed by atoms with Crippen molar-refractivity contribution in [2.75, 3.05) is 33.4 Å². The Morgan fingerprint density at radius 3 is 2.87 bits per heavy atom. The van der Waals surface area contributed by atoms with Gasteiger partial charge in [-0.25, -0.2) is 4.98 Å². The number of piperidine rings is 1. The second-order valence-corrected chi connectivity index (χ2v) is 7.85. The van der Waals surface area contributed by atoms with Crippen LogP contribution in [-0.4, -0.2) is 61.3 Å². The number of benzene rings is 1. The van der Waals surface area contributed by atoms with E-state index in [0.717, 1.165) is 37.7 Å². The van der Waals surface area contributed by atoms with E-state index in [9.17, 15) is 10.1 Å². The summed E-state index contributed by atoms with van der Waals surface area (Å²) in [6, 6.07) is 9.32. The molecule has 1 amide bonds. The van der Waals surface area contributed by atoms with Gasteiger partial charge in [-0.3, -0.25) is 4.79 Å². The lowest BCUT2D eigenvalue weighted by Gasteiger charge is -2.37. The molecule has 7 nitrogen and oxygen atoms in total. The van der Waals surface area contributed by atoms with E-state index in [-0.39, 0.29) is 18.0 Å². The first-order valence-electron chi connectivity index (χ1n) is 10.5. The fourth-order valence-electron chi connectivity index (χ4n) is 3.90. The maximum atomic E-state index is 13.5. The highest BCUT2D eigenvalue weighted by Gasteiger charge is 2.29. The van der Waals surface area contributed by atoms with E-state index in [4.69, 9.17) is 9.47 Å². The van der Waals surface area contributed by atoms with Crippen molar-refractivity contribution in [3.05, 3.63) is 35.5 Å². The molecular formula is C23H30N4O3. The van der Waals surface area contributed by atoms with E-state index in [1.54, 1.807) is 31.4 Å². The number of aromatic nitrogens is 1. The topological polar surface area (TPSA) is 87.5 Å². The van der Waals surface area contributed by atoms with Crippen molar-refractivity contribution in [1.29, 1.82) is 5.26 Å². The molecule has 2 heterocycles. The van der Waals surface area contributed by atoms with Crippen LogP contribution in [0.4, 0.5) is 0 Å². The third-order valence-corrected chi connectivity index (χ3v) is 5.32. The summed E-state index contributed by atoms with van der Waals surface area (Å²) in [5.41, 5.74) is 1.54. The Morgan fingerprint density at radius 2 is 2.20 bits per heavy atom. The molecule has 0 unspecified atom stereocenters. The number of hydrogen-bond donors (Lipinski definition) is 1. The summed E-state index contributed by atoms with van der Waals surface area (Å²) < 4.78 is 11.1. The van der Waals surface area contributed by atoms with Crippen LogP contribution in [0.25, 0.3) is 10.9 Å². The van der Waals surface area contributed by atoms with Gasteiger partial charge in [0.25, 0.3) is 5.91 Å². The maximum absolute atomic E-state index is 13.5. The molecule has 0 saturated carbocycles. The van der Waals surface area contributed by atoms with Crippen molar-refractivity contribution < 1.29 is 14.3 Å². The predicted octanol–water partition coefficient (Wildman–Crippen LogP) is 3.12. The molecule has 1 aromatic heterocycles. The van der Waals surface area contributed by atoms with Crippen LogP contribution < -0.4 is 10.1 Å². The standard InChI is InChI=1S/C23H30N4O3/c1-16(2)27(18-6-4-9-25-15-18)23(28)21-13-22(30-11-5-10-29-3)19-12-17(14-24)7-8-20(19)26-21/h7-8,12-13,16,18,25H,4-6,9-11,15H2,1-3H3/t18-/m1/s1. The largest absolute Gasteiger partial charge is 0.493 e. The highest BCUT2D eigenvalue weighted by molar-refractivity contribution is 5.97. The van der Waals surface area contributed by atoms with Crippen molar-refractivity contribution in [2.24, 2.45) is 0 Å². The van der Waals surface area contributed by atoms with Crippen LogP contribution in [0.1, 0.15) is 49.2 Å². The summed E-state index contributed by atoms with van der Waals surface area (Å²) >= 11 is 0. The van der Waals surface area contributed by atoms with Crippen molar-refractivity contribution >= 4 is 16.8 Å². The molecule has 3 rings (SSSR count). The molecule has 1 aliphatic rings. The number of fused-ring (bicyclic) bond motifs is 1. The molecule has 0 bridgehead atoms. The minimum Gasteiger partial charge on any atom is -0.493 e. The van der Waals surface area contributed by atoms with Crippen molar-refractivity contribution in [3.8, 4) is 11.8 Å². The van der Waals surface area contributed by atoms with Crippen molar-refractivity contribution in [1.82, 2.24) is 15.2 Å². The molecule has 30 heavy (non-hydrogen) atoms. The average Bonchev–Trinajstić information content (AvgIpc) is 2.76. The van der Waals surface area contributed by atoms with Crippen LogP contribution in [0, 0.1) is 11.3 Å². The first kappa shape index (κ1) is 22.0. The molecule has 0 spiro atoms. The molecule has 1 aliphatic heterocycles. The number of rotatable bonds is 8. The van der Waals surface area contributed by atoms with Gasteiger partial charge in [0.2, 0.25) is 0 Å². The lowest BCUT2D eigenvalue weighted by molar-refractivity contribution is 0.0567. The molecule has 0 aliphatic carbocycles. The molecular weight excluding hydrogens is 380 g/mol. The Morgan fingerprint density at radius 1 is 1.37 bits per heavy atom. The van der Waals surface area contributed by atoms with Crippen LogP contribution in [0.5, 0.6) is 5.75 Å². The minimum absolute atomic E-state index is 0.0620. The summed E-state index contributed by atoms with van der Waals surface area (Å²) in [6.45, 7) is 6.91. The highest BCUT2D eigenvalue weighted by Crippen LogP contribution is 2.28. The van der Waals surface area contributed by atoms with Gasteiger partial charge in [0, 0.05) is 50.2 Å². The van der Waals surface area contributed by atoms with E-state index in [2.05, 4.69) is 16.4 Å². The quantitative estimate of drug-likeness (QED) is 0.673. The number of amides is 1. The van der Waals surface area contributed by atoms with E-state index < -0.39 is 0 Å². The van der Waals surface area contributed by atoms with E-state index in [1.165, 1.54) is 0 Å². The summed E-state index contributed by atoms with van der Waals surface area (Å²) in [6.07, 6.45) is 2.76. The van der Waals surface area contributed by atoms with Gasteiger partial charge in [0.05, 0.1) is 23.8 Å². The Bertz CT molecular complexity index is 917. The van der Waals surface area contributed by atoms with Gasteiger partial charge in [0.15, 0.2) is 0 Å². The Labute approximate surface area is 178 Å². The van der Waals surface area contributed by atoms with Gasteiger partial charge in [-0.2, -0.15) is 5.26 Å². The first-order valence-corrected chi connectivity index (χ1v) is 10.5. The van der Waals surface area contributed by atoms with Crippen LogP contribution in [0.2, 0.25) is 0 Å². The van der Waals surface area contributed by atoms with Gasteiger partial charge >= 0.3 is 0 Å². The highest BCUT2D eigenvalue weighted by atomic mass is 16.5. The zero-order valence-electron chi connectivity index (χ0n) is 18.0. The van der Waals surface area contributed by atoms with E-state index in [1.807, 2.05) is 18.7 Å². The smallest absolute Gasteiger partial charge is 0.273 e. The summed E-state index contributed by atoms with van der Waals surface area (Å²) in [7, 11) is 1.65. The molecule has 1 fully saturated rings. The number of ether oxygens (including phenoxy) is 2. The fraction of sp³-hybridized carbons (Fsp3) is 0.522. The monoisotopic (exact) mass is 410 g/mol. The summed E-state index contributed by atoms with van der Waals surface area (Å²) in [5.74, 6) is 0.480. The summed E-state index contributed by atoms with van der Waals surface area (Å²) in [4.78, 5) is 20.0. The average molecular weight is 411 g/mol. The van der Waals surface area contributed by atoms with Crippen molar-refractivity contribution in [3.63, 3.8) is 0 Å². The predicted molar refractivity (Wildman–Crippen MR) is 116 cm³/mol. The Kier molecular flexibility index (Phi) is 7.61. The molecule has 0 radical (unpaired) electrons. The third kappa shape index (κ3) is 5.07. The Balaban J connectivity index is 1.97. The van der Waals surface area contributed by atoms with Crippen LogP contribution in [-0.2, 0) is 4.74 Å². The second kappa shape index (κ2) is 10.4. The zero-order chi connectivity index (χ0) is 21.5. The van der Waals surface area contributed by atoms with Gasteiger partial charge in [0.1, 0.15) is 11.4 Å². The fourth-order valence-corrected chi connectivity index (χ4v) is 3.90. The lowest BCUT2D eigenvalue weighted by atomic mass is 10.0. The lowest BCUT2D eigenvalue weighted by Crippen LogP contribution is -2.51. The normalized spacial score (nSPS) is 16.4. The number of nitrogens with one attached hydrogen (secondary N) is 1. The minimum atomic E-state index is -0.0910. The zero-order valence-corrected chi connectivity index (χ0v) is 18.0. The number of hydrogen-bond acceptors (Lipinski definition) is 6. The van der Waals surface area contributed by atoms with Gasteiger partial charge in [-0.15, -0.1) is 0 Å². The van der Waals surface area contributed by atoms with E-state index in [0.29, 0.717) is 35.7 Å². The number of methoxy groups -OCH3 is 1. The number of carbonyl (C=O) groups is 1. The number of carbonyl (C=O) groups excluding carboxylic acids is 1. The van der Waals surface area contributed by atoms with Gasteiger partial charge < -0.3 is 19.7 Å². The van der Waals surface area contributed by atoms with Crippen LogP contribution in [0.15, 0.2) is 24.3 Å². The summed E-state index contributed by atoms with van der Waals surface area (Å²) in [5, 5.41) is 13.4. The number of nitrogens with zero attached hydrogens (tertiary/aromatic N) is 3. The van der Waals surface area contributed by atoms with E-state index >= 15 is 0 Å². The SMILES string of the molecule is COCCCOc1cc(C(=O)N(C(C)C)[C@@H]2CCCNC2)nc2ccc(C#N)cc12.